The summed E-state index contributed by atoms with van der Waals surface area (Å²) in [6.45, 7) is 1.87. The largest absolute Gasteiger partial charge is 0.497 e. The molecule has 0 aliphatic carbocycles. The van der Waals surface area contributed by atoms with Crippen molar-refractivity contribution in [2.45, 2.75) is 6.92 Å². The van der Waals surface area contributed by atoms with Gasteiger partial charge in [-0.15, -0.1) is 0 Å². The first-order valence-corrected chi connectivity index (χ1v) is 5.94. The molecule has 0 aromatic heterocycles. The first-order chi connectivity index (χ1) is 8.60. The number of benzene rings is 2. The highest BCUT2D eigenvalue weighted by atomic mass is 35.5. The van der Waals surface area contributed by atoms with Crippen LogP contribution in [0.5, 0.6) is 5.75 Å². The highest BCUT2D eigenvalue weighted by Gasteiger charge is 2.01. The van der Waals surface area contributed by atoms with Crippen LogP contribution in [0.15, 0.2) is 42.5 Å². The molecule has 0 spiro atoms. The van der Waals surface area contributed by atoms with Crippen molar-refractivity contribution in [1.82, 2.24) is 0 Å². The van der Waals surface area contributed by atoms with Gasteiger partial charge in [-0.3, -0.25) is 4.79 Å². The second-order valence-corrected chi connectivity index (χ2v) is 4.43. The average Bonchev–Trinajstić information content (AvgIpc) is 2.36. The molecule has 0 saturated carbocycles. The molecule has 2 rings (SSSR count). The minimum Gasteiger partial charge on any atom is -0.497 e. The Morgan fingerprint density at radius 2 is 1.83 bits per heavy atom. The molecule has 0 radical (unpaired) electrons. The quantitative estimate of drug-likeness (QED) is 0.616. The van der Waals surface area contributed by atoms with Gasteiger partial charge in [0.05, 0.1) is 7.11 Å². The Kier molecular flexibility index (Phi) is 3.68. The predicted molar refractivity (Wildman–Crippen MR) is 75.0 cm³/mol. The van der Waals surface area contributed by atoms with Gasteiger partial charge in [-0.05, 0) is 58.6 Å². The lowest BCUT2D eigenvalue weighted by molar-refractivity contribution is -0.107. The van der Waals surface area contributed by atoms with E-state index in [2.05, 4.69) is 0 Å². The van der Waals surface area contributed by atoms with Gasteiger partial charge in [0.2, 0.25) is 5.24 Å². The van der Waals surface area contributed by atoms with E-state index in [4.69, 9.17) is 16.3 Å². The fourth-order valence-electron chi connectivity index (χ4n) is 1.85. The maximum atomic E-state index is 10.8. The number of fused-ring (bicyclic) bond motifs is 1. The third-order valence-electron chi connectivity index (χ3n) is 2.83. The number of allylic oxidation sites excluding steroid dienone is 2. The van der Waals surface area contributed by atoms with Crippen molar-refractivity contribution in [3.63, 3.8) is 0 Å². The second kappa shape index (κ2) is 5.23. The Morgan fingerprint density at radius 3 is 2.50 bits per heavy atom. The second-order valence-electron chi connectivity index (χ2n) is 4.06. The van der Waals surface area contributed by atoms with Gasteiger partial charge in [0.15, 0.2) is 0 Å². The molecule has 3 heteroatoms. The monoisotopic (exact) mass is 260 g/mol. The van der Waals surface area contributed by atoms with Gasteiger partial charge in [0.25, 0.3) is 0 Å². The lowest BCUT2D eigenvalue weighted by atomic mass is 10.0. The van der Waals surface area contributed by atoms with Crippen LogP contribution in [-0.4, -0.2) is 12.4 Å². The zero-order valence-corrected chi connectivity index (χ0v) is 11.0. The Hall–Kier alpha value is -1.80. The average molecular weight is 261 g/mol. The van der Waals surface area contributed by atoms with E-state index >= 15 is 0 Å². The molecule has 0 unspecified atom stereocenters. The van der Waals surface area contributed by atoms with Crippen molar-refractivity contribution in [2.24, 2.45) is 0 Å². The SMILES string of the molecule is COc1ccc2cc(C(C)=CC(=O)Cl)ccc2c1. The van der Waals surface area contributed by atoms with E-state index in [1.165, 1.54) is 6.08 Å². The summed E-state index contributed by atoms with van der Waals surface area (Å²) in [4.78, 5) is 10.8. The lowest BCUT2D eigenvalue weighted by Gasteiger charge is -2.05. The van der Waals surface area contributed by atoms with Crippen LogP contribution in [-0.2, 0) is 4.79 Å². The van der Waals surface area contributed by atoms with Crippen LogP contribution in [0.3, 0.4) is 0 Å². The number of carbonyl (C=O) groups excluding carboxylic acids is 1. The van der Waals surface area contributed by atoms with Crippen LogP contribution in [0.2, 0.25) is 0 Å². The molecule has 0 saturated heterocycles. The molecule has 0 fully saturated rings. The topological polar surface area (TPSA) is 26.3 Å². The molecule has 2 nitrogen and oxygen atoms in total. The van der Waals surface area contributed by atoms with E-state index in [-0.39, 0.29) is 0 Å². The minimum atomic E-state index is -0.456. The molecule has 0 aliphatic heterocycles. The van der Waals surface area contributed by atoms with Gasteiger partial charge in [0.1, 0.15) is 5.75 Å². The summed E-state index contributed by atoms with van der Waals surface area (Å²) in [5.41, 5.74) is 1.84. The van der Waals surface area contributed by atoms with Gasteiger partial charge in [-0.1, -0.05) is 18.2 Å². The standard InChI is InChI=1S/C15H13ClO2/c1-10(7-15(16)17)11-3-4-13-9-14(18-2)6-5-12(13)8-11/h3-9H,1-2H3. The molecule has 0 amide bonds. The molecule has 92 valence electrons. The number of hydrogen-bond acceptors (Lipinski definition) is 2. The van der Waals surface area contributed by atoms with Crippen LogP contribution >= 0.6 is 11.6 Å². The fraction of sp³-hybridized carbons (Fsp3) is 0.133. The zero-order chi connectivity index (χ0) is 13.1. The van der Waals surface area contributed by atoms with E-state index in [0.29, 0.717) is 0 Å². The Balaban J connectivity index is 2.48. The van der Waals surface area contributed by atoms with Crippen LogP contribution < -0.4 is 4.74 Å². The van der Waals surface area contributed by atoms with Crippen molar-refractivity contribution in [3.8, 4) is 5.75 Å². The summed E-state index contributed by atoms with van der Waals surface area (Å²) in [6, 6.07) is 11.9. The molecule has 0 heterocycles. The number of methoxy groups -OCH3 is 1. The van der Waals surface area contributed by atoms with Crippen LogP contribution in [0, 0.1) is 0 Å². The van der Waals surface area contributed by atoms with Crippen molar-refractivity contribution in [3.05, 3.63) is 48.0 Å². The van der Waals surface area contributed by atoms with Crippen molar-refractivity contribution < 1.29 is 9.53 Å². The highest BCUT2D eigenvalue weighted by molar-refractivity contribution is 6.67. The Morgan fingerprint density at radius 1 is 1.17 bits per heavy atom. The van der Waals surface area contributed by atoms with Crippen LogP contribution in [0.1, 0.15) is 12.5 Å². The smallest absolute Gasteiger partial charge is 0.245 e. The molecule has 0 aliphatic rings. The summed E-state index contributed by atoms with van der Waals surface area (Å²) < 4.78 is 5.18. The maximum absolute atomic E-state index is 10.8. The Labute approximate surface area is 111 Å². The molecular formula is C15H13ClO2. The van der Waals surface area contributed by atoms with E-state index in [1.807, 2.05) is 43.3 Å². The van der Waals surface area contributed by atoms with Crippen molar-refractivity contribution >= 4 is 33.2 Å². The molecule has 2 aromatic carbocycles. The summed E-state index contributed by atoms with van der Waals surface area (Å²) in [5.74, 6) is 0.832. The number of halogens is 1. The summed E-state index contributed by atoms with van der Waals surface area (Å²) >= 11 is 5.35. The van der Waals surface area contributed by atoms with E-state index in [0.717, 1.165) is 27.7 Å². The van der Waals surface area contributed by atoms with Gasteiger partial charge < -0.3 is 4.74 Å². The van der Waals surface area contributed by atoms with Crippen molar-refractivity contribution in [2.75, 3.05) is 7.11 Å². The first-order valence-electron chi connectivity index (χ1n) is 5.56. The summed E-state index contributed by atoms with van der Waals surface area (Å²) in [6.07, 6.45) is 1.42. The summed E-state index contributed by atoms with van der Waals surface area (Å²) in [7, 11) is 1.65. The molecule has 0 bridgehead atoms. The zero-order valence-electron chi connectivity index (χ0n) is 10.2. The third-order valence-corrected chi connectivity index (χ3v) is 2.94. The first kappa shape index (κ1) is 12.7. The minimum absolute atomic E-state index is 0.456. The maximum Gasteiger partial charge on any atom is 0.245 e. The van der Waals surface area contributed by atoms with Crippen LogP contribution in [0.4, 0.5) is 0 Å². The number of hydrogen-bond donors (Lipinski definition) is 0. The van der Waals surface area contributed by atoms with E-state index in [1.54, 1.807) is 7.11 Å². The molecule has 0 atom stereocenters. The predicted octanol–water partition coefficient (Wildman–Crippen LogP) is 4.02. The van der Waals surface area contributed by atoms with Crippen molar-refractivity contribution in [1.29, 1.82) is 0 Å². The molecule has 0 N–H and O–H groups in total. The van der Waals surface area contributed by atoms with E-state index < -0.39 is 5.24 Å². The van der Waals surface area contributed by atoms with Gasteiger partial charge in [-0.2, -0.15) is 0 Å². The lowest BCUT2D eigenvalue weighted by Crippen LogP contribution is -1.86. The molecular weight excluding hydrogens is 248 g/mol. The number of ether oxygens (including phenoxy) is 1. The number of carbonyl (C=O) groups is 1. The van der Waals surface area contributed by atoms with Gasteiger partial charge in [-0.25, -0.2) is 0 Å². The Bertz CT molecular complexity index is 629. The third kappa shape index (κ3) is 2.71. The number of rotatable bonds is 3. The van der Waals surface area contributed by atoms with E-state index in [9.17, 15) is 4.79 Å². The molecule has 2 aromatic rings. The van der Waals surface area contributed by atoms with Crippen LogP contribution in [0.25, 0.3) is 16.3 Å². The highest BCUT2D eigenvalue weighted by Crippen LogP contribution is 2.24. The fourth-order valence-corrected chi connectivity index (χ4v) is 2.01. The summed E-state index contributed by atoms with van der Waals surface area (Å²) in [5, 5.41) is 1.74. The normalized spacial score (nSPS) is 11.6. The van der Waals surface area contributed by atoms with Gasteiger partial charge in [0, 0.05) is 6.08 Å². The molecule has 18 heavy (non-hydrogen) atoms. The van der Waals surface area contributed by atoms with Gasteiger partial charge >= 0.3 is 0 Å².